The number of benzene rings is 2. The van der Waals surface area contributed by atoms with Gasteiger partial charge in [-0.1, -0.05) is 0 Å². The van der Waals surface area contributed by atoms with E-state index in [1.807, 2.05) is 19.9 Å². The third-order valence-electron chi connectivity index (χ3n) is 3.78. The Balaban J connectivity index is 2.27. The number of nitrogens with one attached hydrogen (secondary N) is 1. The van der Waals surface area contributed by atoms with Crippen molar-refractivity contribution in [1.29, 1.82) is 0 Å². The third-order valence-corrected chi connectivity index (χ3v) is 3.78. The predicted octanol–water partition coefficient (Wildman–Crippen LogP) is 3.57. The second-order valence-corrected chi connectivity index (χ2v) is 5.19. The van der Waals surface area contributed by atoms with E-state index in [2.05, 4.69) is 10.5 Å². The van der Waals surface area contributed by atoms with Crippen LogP contribution in [0.15, 0.2) is 35.4 Å². The Bertz CT molecular complexity index is 864. The summed E-state index contributed by atoms with van der Waals surface area (Å²) in [6.07, 6.45) is 1.52. The lowest BCUT2D eigenvalue weighted by Gasteiger charge is -2.09. The lowest BCUT2D eigenvalue weighted by Crippen LogP contribution is -2.00. The zero-order chi connectivity index (χ0) is 18.6. The Labute approximate surface area is 143 Å². The van der Waals surface area contributed by atoms with Gasteiger partial charge in [0.1, 0.15) is 11.4 Å². The van der Waals surface area contributed by atoms with Crippen LogP contribution in [0.25, 0.3) is 0 Å². The fraction of sp³-hybridized carbons (Fsp3) is 0.188. The van der Waals surface area contributed by atoms with Crippen LogP contribution in [-0.2, 0) is 0 Å². The van der Waals surface area contributed by atoms with Gasteiger partial charge in [-0.2, -0.15) is 5.10 Å². The highest BCUT2D eigenvalue weighted by atomic mass is 16.6. The van der Waals surface area contributed by atoms with E-state index in [0.717, 1.165) is 28.5 Å². The average Bonchev–Trinajstić information content (AvgIpc) is 2.58. The molecule has 9 heteroatoms. The van der Waals surface area contributed by atoms with E-state index in [-0.39, 0.29) is 11.4 Å². The van der Waals surface area contributed by atoms with Crippen LogP contribution in [0.1, 0.15) is 16.7 Å². The maximum Gasteiger partial charge on any atom is 0.301 e. The van der Waals surface area contributed by atoms with Crippen molar-refractivity contribution in [2.45, 2.75) is 13.8 Å². The summed E-state index contributed by atoms with van der Waals surface area (Å²) in [6.45, 7) is 3.83. The highest BCUT2D eigenvalue weighted by molar-refractivity contribution is 5.83. The standard InChI is InChI=1S/C16H16N4O5/c1-10-11(2)16(25-3)7-4-12(10)9-17-18-14-6-5-13(19(21)22)8-15(14)20(23)24/h4-9,18H,1-3H3. The van der Waals surface area contributed by atoms with Gasteiger partial charge >= 0.3 is 5.69 Å². The zero-order valence-electron chi connectivity index (χ0n) is 13.8. The van der Waals surface area contributed by atoms with Gasteiger partial charge < -0.3 is 4.74 Å². The van der Waals surface area contributed by atoms with Crippen LogP contribution in [0.2, 0.25) is 0 Å². The molecule has 0 amide bonds. The Morgan fingerprint density at radius 2 is 1.80 bits per heavy atom. The van der Waals surface area contributed by atoms with Gasteiger partial charge in [0, 0.05) is 6.07 Å². The molecule has 0 aliphatic heterocycles. The monoisotopic (exact) mass is 344 g/mol. The first-order valence-electron chi connectivity index (χ1n) is 7.21. The van der Waals surface area contributed by atoms with Crippen LogP contribution in [-0.4, -0.2) is 23.2 Å². The van der Waals surface area contributed by atoms with Crippen molar-refractivity contribution in [1.82, 2.24) is 0 Å². The third kappa shape index (κ3) is 3.89. The second kappa shape index (κ2) is 7.39. The van der Waals surface area contributed by atoms with Gasteiger partial charge in [0.25, 0.3) is 5.69 Å². The van der Waals surface area contributed by atoms with Crippen LogP contribution >= 0.6 is 0 Å². The minimum Gasteiger partial charge on any atom is -0.496 e. The topological polar surface area (TPSA) is 120 Å². The largest absolute Gasteiger partial charge is 0.496 e. The summed E-state index contributed by atoms with van der Waals surface area (Å²) >= 11 is 0. The SMILES string of the molecule is COc1ccc(C=NNc2ccc([N+](=O)[O-])cc2[N+](=O)[O-])c(C)c1C. The number of nitro benzene ring substituents is 2. The van der Waals surface area contributed by atoms with E-state index in [0.29, 0.717) is 0 Å². The van der Waals surface area contributed by atoms with Crippen molar-refractivity contribution in [3.8, 4) is 5.75 Å². The molecule has 0 aliphatic rings. The molecule has 2 aromatic carbocycles. The Morgan fingerprint density at radius 3 is 2.40 bits per heavy atom. The molecular formula is C16H16N4O5. The van der Waals surface area contributed by atoms with Gasteiger partial charge in [-0.05, 0) is 48.7 Å². The molecule has 0 spiro atoms. The number of nitro groups is 2. The molecule has 2 rings (SSSR count). The van der Waals surface area contributed by atoms with Crippen LogP contribution in [0.3, 0.4) is 0 Å². The number of hydrogen-bond donors (Lipinski definition) is 1. The average molecular weight is 344 g/mol. The van der Waals surface area contributed by atoms with Gasteiger partial charge in [-0.25, -0.2) is 0 Å². The molecule has 1 N–H and O–H groups in total. The quantitative estimate of drug-likeness (QED) is 0.486. The fourth-order valence-corrected chi connectivity index (χ4v) is 2.23. The number of anilines is 1. The Morgan fingerprint density at radius 1 is 1.08 bits per heavy atom. The summed E-state index contributed by atoms with van der Waals surface area (Å²) in [5.74, 6) is 0.758. The van der Waals surface area contributed by atoms with Gasteiger partial charge in [0.15, 0.2) is 0 Å². The number of hydrazone groups is 1. The Hall–Kier alpha value is -3.49. The highest BCUT2D eigenvalue weighted by Crippen LogP contribution is 2.29. The van der Waals surface area contributed by atoms with Crippen LogP contribution in [0.5, 0.6) is 5.75 Å². The van der Waals surface area contributed by atoms with E-state index in [9.17, 15) is 20.2 Å². The van der Waals surface area contributed by atoms with E-state index in [4.69, 9.17) is 4.74 Å². The maximum absolute atomic E-state index is 11.1. The van der Waals surface area contributed by atoms with Gasteiger partial charge in [-0.3, -0.25) is 25.7 Å². The number of nitrogens with zero attached hydrogens (tertiary/aromatic N) is 3. The van der Waals surface area contributed by atoms with E-state index < -0.39 is 15.5 Å². The summed E-state index contributed by atoms with van der Waals surface area (Å²) in [7, 11) is 1.59. The highest BCUT2D eigenvalue weighted by Gasteiger charge is 2.19. The molecule has 0 unspecified atom stereocenters. The van der Waals surface area contributed by atoms with Crippen molar-refractivity contribution in [2.75, 3.05) is 12.5 Å². The Kier molecular flexibility index (Phi) is 5.28. The first-order chi connectivity index (χ1) is 11.8. The lowest BCUT2D eigenvalue weighted by molar-refractivity contribution is -0.393. The van der Waals surface area contributed by atoms with Gasteiger partial charge in [-0.15, -0.1) is 0 Å². The second-order valence-electron chi connectivity index (χ2n) is 5.19. The normalized spacial score (nSPS) is 10.7. The summed E-state index contributed by atoms with van der Waals surface area (Å²) in [6, 6.07) is 6.93. The molecule has 0 aliphatic carbocycles. The van der Waals surface area contributed by atoms with Gasteiger partial charge in [0.05, 0.1) is 29.2 Å². The number of ether oxygens (including phenoxy) is 1. The summed E-state index contributed by atoms with van der Waals surface area (Å²) in [5, 5.41) is 25.8. The molecule has 0 bridgehead atoms. The molecule has 0 fully saturated rings. The molecule has 0 atom stereocenters. The first-order valence-corrected chi connectivity index (χ1v) is 7.21. The minimum absolute atomic E-state index is 0.0646. The first kappa shape index (κ1) is 17.9. The van der Waals surface area contributed by atoms with Gasteiger partial charge in [0.2, 0.25) is 0 Å². The van der Waals surface area contributed by atoms with Crippen molar-refractivity contribution in [2.24, 2.45) is 5.10 Å². The molecule has 0 saturated carbocycles. The predicted molar refractivity (Wildman–Crippen MR) is 93.4 cm³/mol. The maximum atomic E-state index is 11.1. The molecule has 2 aromatic rings. The summed E-state index contributed by atoms with van der Waals surface area (Å²) in [5.41, 5.74) is 4.58. The molecule has 0 aromatic heterocycles. The summed E-state index contributed by atoms with van der Waals surface area (Å²) < 4.78 is 5.24. The molecule has 0 radical (unpaired) electrons. The van der Waals surface area contributed by atoms with Crippen molar-refractivity contribution < 1.29 is 14.6 Å². The zero-order valence-corrected chi connectivity index (χ0v) is 13.8. The fourth-order valence-electron chi connectivity index (χ4n) is 2.23. The van der Waals surface area contributed by atoms with Crippen molar-refractivity contribution in [3.63, 3.8) is 0 Å². The molecule has 130 valence electrons. The van der Waals surface area contributed by atoms with E-state index in [1.54, 1.807) is 13.2 Å². The van der Waals surface area contributed by atoms with Crippen LogP contribution in [0, 0.1) is 34.1 Å². The smallest absolute Gasteiger partial charge is 0.301 e. The van der Waals surface area contributed by atoms with E-state index >= 15 is 0 Å². The molecule has 25 heavy (non-hydrogen) atoms. The number of hydrogen-bond acceptors (Lipinski definition) is 7. The number of methoxy groups -OCH3 is 1. The molecule has 9 nitrogen and oxygen atoms in total. The van der Waals surface area contributed by atoms with Crippen LogP contribution in [0.4, 0.5) is 17.1 Å². The molecule has 0 heterocycles. The number of rotatable bonds is 6. The lowest BCUT2D eigenvalue weighted by atomic mass is 10.0. The number of non-ortho nitro benzene ring substituents is 1. The van der Waals surface area contributed by atoms with Crippen molar-refractivity contribution in [3.05, 3.63) is 67.3 Å². The summed E-state index contributed by atoms with van der Waals surface area (Å²) in [4.78, 5) is 20.4. The van der Waals surface area contributed by atoms with E-state index in [1.165, 1.54) is 18.3 Å². The van der Waals surface area contributed by atoms with Crippen molar-refractivity contribution >= 4 is 23.3 Å². The molecular weight excluding hydrogens is 328 g/mol. The van der Waals surface area contributed by atoms with Crippen LogP contribution < -0.4 is 10.2 Å². The molecule has 0 saturated heterocycles. The minimum atomic E-state index is -0.701.